The van der Waals surface area contributed by atoms with Crippen LogP contribution in [0.2, 0.25) is 0 Å². The summed E-state index contributed by atoms with van der Waals surface area (Å²) in [5.74, 6) is 0. The van der Waals surface area contributed by atoms with Crippen molar-refractivity contribution in [3.8, 4) is 0 Å². The normalized spacial score (nSPS) is 44.7. The molecule has 1 heterocycles. The Hall–Kier alpha value is -0.200. The number of aliphatic hydroxyl groups is 3. The van der Waals surface area contributed by atoms with Gasteiger partial charge < -0.3 is 24.8 Å². The number of methoxy groups -OCH3 is 1. The predicted molar refractivity (Wildman–Crippen MR) is 34.8 cm³/mol. The lowest BCUT2D eigenvalue weighted by Crippen LogP contribution is -2.34. The van der Waals surface area contributed by atoms with Crippen LogP contribution in [0.25, 0.3) is 0 Å². The van der Waals surface area contributed by atoms with Gasteiger partial charge in [-0.25, -0.2) is 0 Å². The van der Waals surface area contributed by atoms with Crippen molar-refractivity contribution in [2.75, 3.05) is 13.7 Å². The highest BCUT2D eigenvalue weighted by Crippen LogP contribution is 2.20. The quantitative estimate of drug-likeness (QED) is 0.443. The molecule has 66 valence electrons. The highest BCUT2D eigenvalue weighted by molar-refractivity contribution is 4.85. The van der Waals surface area contributed by atoms with Crippen LogP contribution in [-0.4, -0.2) is 53.6 Å². The first-order chi connectivity index (χ1) is 5.20. The van der Waals surface area contributed by atoms with E-state index in [1.807, 2.05) is 0 Å². The van der Waals surface area contributed by atoms with Gasteiger partial charge in [-0.3, -0.25) is 0 Å². The average molecular weight is 164 g/mol. The number of ether oxygens (including phenoxy) is 2. The fraction of sp³-hybridized carbons (Fsp3) is 1.00. The van der Waals surface area contributed by atoms with Crippen molar-refractivity contribution < 1.29 is 24.8 Å². The zero-order valence-corrected chi connectivity index (χ0v) is 6.17. The van der Waals surface area contributed by atoms with E-state index in [1.165, 1.54) is 7.11 Å². The smallest absolute Gasteiger partial charge is 0.186 e. The maximum absolute atomic E-state index is 9.15. The van der Waals surface area contributed by atoms with Crippen LogP contribution in [0, 0.1) is 0 Å². The molecule has 5 heteroatoms. The Labute approximate surface area is 64.2 Å². The summed E-state index contributed by atoms with van der Waals surface area (Å²) in [5, 5.41) is 26.9. The molecule has 1 fully saturated rings. The van der Waals surface area contributed by atoms with Gasteiger partial charge in [0.1, 0.15) is 18.3 Å². The van der Waals surface area contributed by atoms with Crippen molar-refractivity contribution in [3.05, 3.63) is 0 Å². The largest absolute Gasteiger partial charge is 0.394 e. The Morgan fingerprint density at radius 1 is 1.36 bits per heavy atom. The minimum absolute atomic E-state index is 0.321. The van der Waals surface area contributed by atoms with Crippen LogP contribution in [0.15, 0.2) is 0 Å². The Morgan fingerprint density at radius 3 is 2.27 bits per heavy atom. The molecule has 1 rings (SSSR count). The number of hydrogen-bond donors (Lipinski definition) is 3. The SMILES string of the molecule is CO[C@@H]1O[C@@H](CO)[C@@H](O)[C@H]1O. The van der Waals surface area contributed by atoms with E-state index < -0.39 is 24.6 Å². The molecule has 0 bridgehead atoms. The number of hydrogen-bond acceptors (Lipinski definition) is 5. The fourth-order valence-electron chi connectivity index (χ4n) is 1.06. The van der Waals surface area contributed by atoms with Crippen LogP contribution in [0.5, 0.6) is 0 Å². The summed E-state index contributed by atoms with van der Waals surface area (Å²) in [7, 11) is 1.36. The molecule has 0 unspecified atom stereocenters. The van der Waals surface area contributed by atoms with Crippen molar-refractivity contribution in [3.63, 3.8) is 0 Å². The first kappa shape index (κ1) is 8.89. The lowest BCUT2D eigenvalue weighted by Gasteiger charge is -2.11. The van der Waals surface area contributed by atoms with Crippen molar-refractivity contribution in [2.24, 2.45) is 0 Å². The maximum Gasteiger partial charge on any atom is 0.186 e. The molecule has 0 saturated carbocycles. The van der Waals surface area contributed by atoms with Crippen molar-refractivity contribution in [2.45, 2.75) is 24.6 Å². The Kier molecular flexibility index (Phi) is 2.80. The summed E-state index contributed by atoms with van der Waals surface area (Å²) in [5.41, 5.74) is 0. The van der Waals surface area contributed by atoms with Gasteiger partial charge in [0.25, 0.3) is 0 Å². The van der Waals surface area contributed by atoms with Gasteiger partial charge >= 0.3 is 0 Å². The molecule has 0 aromatic rings. The van der Waals surface area contributed by atoms with Crippen LogP contribution in [0.4, 0.5) is 0 Å². The second-order valence-electron chi connectivity index (χ2n) is 2.44. The summed E-state index contributed by atoms with van der Waals surface area (Å²) in [6.45, 7) is -0.321. The molecule has 0 spiro atoms. The highest BCUT2D eigenvalue weighted by atomic mass is 16.7. The van der Waals surface area contributed by atoms with E-state index in [1.54, 1.807) is 0 Å². The van der Waals surface area contributed by atoms with E-state index in [4.69, 9.17) is 20.1 Å². The second-order valence-corrected chi connectivity index (χ2v) is 2.44. The Balaban J connectivity index is 2.53. The monoisotopic (exact) mass is 164 g/mol. The van der Waals surface area contributed by atoms with Crippen molar-refractivity contribution in [1.82, 2.24) is 0 Å². The topological polar surface area (TPSA) is 79.2 Å². The first-order valence-corrected chi connectivity index (χ1v) is 3.36. The minimum atomic E-state index is -1.07. The van der Waals surface area contributed by atoms with E-state index in [-0.39, 0.29) is 6.61 Å². The van der Waals surface area contributed by atoms with Crippen LogP contribution in [0.3, 0.4) is 0 Å². The summed E-state index contributed by atoms with van der Waals surface area (Å²) in [6.07, 6.45) is -3.71. The third-order valence-electron chi connectivity index (χ3n) is 1.73. The molecular formula is C6H12O5. The zero-order valence-electron chi connectivity index (χ0n) is 6.17. The lowest BCUT2D eigenvalue weighted by molar-refractivity contribution is -0.153. The highest BCUT2D eigenvalue weighted by Gasteiger charge is 2.42. The third-order valence-corrected chi connectivity index (χ3v) is 1.73. The molecule has 0 amide bonds. The molecule has 0 aromatic heterocycles. The van der Waals surface area contributed by atoms with Gasteiger partial charge in [0.15, 0.2) is 6.29 Å². The molecule has 1 aliphatic heterocycles. The van der Waals surface area contributed by atoms with Gasteiger partial charge in [0.2, 0.25) is 0 Å². The van der Waals surface area contributed by atoms with Crippen molar-refractivity contribution in [1.29, 1.82) is 0 Å². The van der Waals surface area contributed by atoms with E-state index in [2.05, 4.69) is 4.74 Å². The van der Waals surface area contributed by atoms with Crippen LogP contribution in [0.1, 0.15) is 0 Å². The number of aliphatic hydroxyl groups excluding tert-OH is 3. The number of rotatable bonds is 2. The second kappa shape index (κ2) is 3.46. The molecule has 5 nitrogen and oxygen atoms in total. The summed E-state index contributed by atoms with van der Waals surface area (Å²) in [6, 6.07) is 0. The molecule has 1 saturated heterocycles. The molecule has 0 aromatic carbocycles. The minimum Gasteiger partial charge on any atom is -0.394 e. The molecule has 0 radical (unpaired) electrons. The van der Waals surface area contributed by atoms with Gasteiger partial charge in [-0.15, -0.1) is 0 Å². The van der Waals surface area contributed by atoms with Gasteiger partial charge in [-0.2, -0.15) is 0 Å². The molecule has 11 heavy (non-hydrogen) atoms. The van der Waals surface area contributed by atoms with Gasteiger partial charge in [-0.05, 0) is 0 Å². The molecule has 4 atom stereocenters. The van der Waals surface area contributed by atoms with Gasteiger partial charge in [-0.1, -0.05) is 0 Å². The van der Waals surface area contributed by atoms with E-state index in [0.717, 1.165) is 0 Å². The van der Waals surface area contributed by atoms with Crippen LogP contribution >= 0.6 is 0 Å². The van der Waals surface area contributed by atoms with E-state index >= 15 is 0 Å². The van der Waals surface area contributed by atoms with E-state index in [0.29, 0.717) is 0 Å². The van der Waals surface area contributed by atoms with Crippen LogP contribution < -0.4 is 0 Å². The molecule has 0 aliphatic carbocycles. The molecule has 3 N–H and O–H groups in total. The Morgan fingerprint density at radius 2 is 2.00 bits per heavy atom. The Bertz CT molecular complexity index is 110. The molecule has 1 aliphatic rings. The summed E-state index contributed by atoms with van der Waals surface area (Å²) < 4.78 is 9.59. The predicted octanol–water partition coefficient (Wildman–Crippen LogP) is -1.93. The van der Waals surface area contributed by atoms with Crippen molar-refractivity contribution >= 4 is 0 Å². The standard InChI is InChI=1S/C6H12O5/c1-10-6-5(9)4(8)3(2-7)11-6/h3-9H,2H2,1H3/t3-,4+,5+,6+/m0/s1. The van der Waals surface area contributed by atoms with Gasteiger partial charge in [0.05, 0.1) is 6.61 Å². The maximum atomic E-state index is 9.15. The average Bonchev–Trinajstić information content (AvgIpc) is 2.30. The van der Waals surface area contributed by atoms with Gasteiger partial charge in [0, 0.05) is 7.11 Å². The zero-order chi connectivity index (χ0) is 8.43. The first-order valence-electron chi connectivity index (χ1n) is 3.36. The van der Waals surface area contributed by atoms with Crippen LogP contribution in [-0.2, 0) is 9.47 Å². The fourth-order valence-corrected chi connectivity index (χ4v) is 1.06. The van der Waals surface area contributed by atoms with E-state index in [9.17, 15) is 0 Å². The lowest BCUT2D eigenvalue weighted by atomic mass is 10.1. The molecular weight excluding hydrogens is 152 g/mol. The third kappa shape index (κ3) is 1.52. The summed E-state index contributed by atoms with van der Waals surface area (Å²) in [4.78, 5) is 0. The summed E-state index contributed by atoms with van der Waals surface area (Å²) >= 11 is 0.